The van der Waals surface area contributed by atoms with Crippen LogP contribution < -0.4 is 0 Å². The SMILES string of the molecule is CC(c1nc2ccccc2s1)N(C)C(=O)CSc1nnc2n1CCCCC2. The van der Waals surface area contributed by atoms with E-state index in [1.54, 1.807) is 16.2 Å². The van der Waals surface area contributed by atoms with E-state index in [0.717, 1.165) is 45.6 Å². The highest BCUT2D eigenvalue weighted by molar-refractivity contribution is 7.99. The number of aromatic nitrogens is 4. The van der Waals surface area contributed by atoms with E-state index in [2.05, 4.69) is 25.8 Å². The van der Waals surface area contributed by atoms with Crippen molar-refractivity contribution in [1.82, 2.24) is 24.6 Å². The highest BCUT2D eigenvalue weighted by atomic mass is 32.2. The average Bonchev–Trinajstić information content (AvgIpc) is 3.21. The summed E-state index contributed by atoms with van der Waals surface area (Å²) in [4.78, 5) is 19.2. The van der Waals surface area contributed by atoms with E-state index in [9.17, 15) is 4.79 Å². The average molecular weight is 402 g/mol. The van der Waals surface area contributed by atoms with Crippen LogP contribution in [0.4, 0.5) is 0 Å². The number of carbonyl (C=O) groups is 1. The molecule has 1 aliphatic heterocycles. The zero-order valence-corrected chi connectivity index (χ0v) is 17.2. The molecule has 1 amide bonds. The molecule has 1 atom stereocenters. The minimum Gasteiger partial charge on any atom is -0.336 e. The summed E-state index contributed by atoms with van der Waals surface area (Å²) in [5.74, 6) is 1.50. The summed E-state index contributed by atoms with van der Waals surface area (Å²) in [6, 6.07) is 8.03. The Balaban J connectivity index is 1.41. The predicted molar refractivity (Wildman–Crippen MR) is 109 cm³/mol. The number of para-hydroxylation sites is 1. The third-order valence-corrected chi connectivity index (χ3v) is 7.20. The van der Waals surface area contributed by atoms with Crippen molar-refractivity contribution in [2.24, 2.45) is 0 Å². The molecule has 3 heterocycles. The fourth-order valence-corrected chi connectivity index (χ4v) is 5.21. The first-order valence-corrected chi connectivity index (χ1v) is 11.1. The van der Waals surface area contributed by atoms with Gasteiger partial charge in [0.25, 0.3) is 0 Å². The summed E-state index contributed by atoms with van der Waals surface area (Å²) in [5, 5.41) is 10.4. The first-order chi connectivity index (χ1) is 13.1. The second-order valence-electron chi connectivity index (χ2n) is 6.85. The van der Waals surface area contributed by atoms with Crippen LogP contribution in [-0.4, -0.2) is 43.4 Å². The van der Waals surface area contributed by atoms with Crippen molar-refractivity contribution in [1.29, 1.82) is 0 Å². The Kier molecular flexibility index (Phi) is 5.45. The second kappa shape index (κ2) is 7.98. The van der Waals surface area contributed by atoms with Gasteiger partial charge in [0.2, 0.25) is 5.91 Å². The van der Waals surface area contributed by atoms with E-state index >= 15 is 0 Å². The Morgan fingerprint density at radius 3 is 3.00 bits per heavy atom. The smallest absolute Gasteiger partial charge is 0.233 e. The third kappa shape index (κ3) is 3.87. The highest BCUT2D eigenvalue weighted by Crippen LogP contribution is 2.29. The Hall–Kier alpha value is -1.93. The molecule has 4 rings (SSSR count). The van der Waals surface area contributed by atoms with E-state index in [1.807, 2.05) is 32.2 Å². The van der Waals surface area contributed by atoms with Crippen molar-refractivity contribution in [2.45, 2.75) is 50.4 Å². The lowest BCUT2D eigenvalue weighted by molar-refractivity contribution is -0.128. The summed E-state index contributed by atoms with van der Waals surface area (Å²) in [6.45, 7) is 2.99. The van der Waals surface area contributed by atoms with Crippen LogP contribution in [0.25, 0.3) is 10.2 Å². The van der Waals surface area contributed by atoms with Crippen LogP contribution in [0.3, 0.4) is 0 Å². The first-order valence-electron chi connectivity index (χ1n) is 9.29. The molecule has 6 nitrogen and oxygen atoms in total. The Bertz CT molecular complexity index is 918. The van der Waals surface area contributed by atoms with Gasteiger partial charge in [0, 0.05) is 20.0 Å². The van der Waals surface area contributed by atoms with Crippen molar-refractivity contribution in [3.8, 4) is 0 Å². The number of carbonyl (C=O) groups excluding carboxylic acids is 1. The van der Waals surface area contributed by atoms with Crippen molar-refractivity contribution >= 4 is 39.2 Å². The summed E-state index contributed by atoms with van der Waals surface area (Å²) < 4.78 is 3.34. The number of aryl methyl sites for hydroxylation is 1. The summed E-state index contributed by atoms with van der Waals surface area (Å²) >= 11 is 3.14. The van der Waals surface area contributed by atoms with Gasteiger partial charge in [-0.2, -0.15) is 0 Å². The van der Waals surface area contributed by atoms with Crippen LogP contribution in [0, 0.1) is 0 Å². The molecule has 142 valence electrons. The summed E-state index contributed by atoms with van der Waals surface area (Å²) in [5.41, 5.74) is 0.991. The molecule has 1 aromatic carbocycles. The van der Waals surface area contributed by atoms with E-state index in [1.165, 1.54) is 24.6 Å². The Morgan fingerprint density at radius 1 is 1.30 bits per heavy atom. The molecule has 0 N–H and O–H groups in total. The van der Waals surface area contributed by atoms with Crippen LogP contribution in [0.5, 0.6) is 0 Å². The first kappa shape index (κ1) is 18.4. The normalized spacial score (nSPS) is 15.3. The maximum Gasteiger partial charge on any atom is 0.233 e. The standard InChI is InChI=1S/C19H23N5OS2/c1-13(18-20-14-8-5-6-9-15(14)27-18)23(2)17(25)12-26-19-22-21-16-10-4-3-7-11-24(16)19/h5-6,8-9,13H,3-4,7,10-12H2,1-2H3. The van der Waals surface area contributed by atoms with Crippen molar-refractivity contribution in [3.05, 3.63) is 35.1 Å². The lowest BCUT2D eigenvalue weighted by Crippen LogP contribution is -2.31. The number of nitrogens with zero attached hydrogens (tertiary/aromatic N) is 5. The molecule has 3 aromatic rings. The Morgan fingerprint density at radius 2 is 2.15 bits per heavy atom. The number of benzene rings is 1. The molecule has 0 radical (unpaired) electrons. The molecule has 8 heteroatoms. The van der Waals surface area contributed by atoms with Crippen LogP contribution in [0.1, 0.15) is 43.1 Å². The molecule has 1 unspecified atom stereocenters. The molecule has 1 aliphatic rings. The fraction of sp³-hybridized carbons (Fsp3) is 0.474. The number of thioether (sulfide) groups is 1. The van der Waals surface area contributed by atoms with Gasteiger partial charge in [0.1, 0.15) is 10.8 Å². The van der Waals surface area contributed by atoms with Gasteiger partial charge in [-0.05, 0) is 31.9 Å². The van der Waals surface area contributed by atoms with Crippen molar-refractivity contribution in [2.75, 3.05) is 12.8 Å². The highest BCUT2D eigenvalue weighted by Gasteiger charge is 2.22. The number of rotatable bonds is 5. The van der Waals surface area contributed by atoms with Gasteiger partial charge in [-0.15, -0.1) is 21.5 Å². The van der Waals surface area contributed by atoms with Crippen LogP contribution in [0.15, 0.2) is 29.4 Å². The summed E-state index contributed by atoms with van der Waals surface area (Å²) in [6.07, 6.45) is 4.54. The monoisotopic (exact) mass is 401 g/mol. The minimum absolute atomic E-state index is 0.0500. The minimum atomic E-state index is -0.0500. The van der Waals surface area contributed by atoms with Crippen LogP contribution in [-0.2, 0) is 17.8 Å². The molecule has 0 aliphatic carbocycles. The number of hydrogen-bond donors (Lipinski definition) is 0. The summed E-state index contributed by atoms with van der Waals surface area (Å²) in [7, 11) is 1.85. The molecule has 27 heavy (non-hydrogen) atoms. The second-order valence-corrected chi connectivity index (χ2v) is 8.85. The largest absolute Gasteiger partial charge is 0.336 e. The molecule has 0 saturated carbocycles. The van der Waals surface area contributed by atoms with E-state index < -0.39 is 0 Å². The number of amides is 1. The molecular formula is C19H23N5OS2. The maximum absolute atomic E-state index is 12.7. The van der Waals surface area contributed by atoms with Gasteiger partial charge in [0.05, 0.1) is 22.0 Å². The molecule has 0 spiro atoms. The quantitative estimate of drug-likeness (QED) is 0.606. The lowest BCUT2D eigenvalue weighted by atomic mass is 10.2. The predicted octanol–water partition coefficient (Wildman–Crippen LogP) is 3.93. The number of fused-ring (bicyclic) bond motifs is 2. The number of hydrogen-bond acceptors (Lipinski definition) is 6. The topological polar surface area (TPSA) is 63.9 Å². The maximum atomic E-state index is 12.7. The zero-order chi connectivity index (χ0) is 18.8. The number of thiazole rings is 1. The Labute approximate surface area is 167 Å². The van der Waals surface area contributed by atoms with Gasteiger partial charge in [-0.3, -0.25) is 4.79 Å². The van der Waals surface area contributed by atoms with Crippen molar-refractivity contribution in [3.63, 3.8) is 0 Å². The van der Waals surface area contributed by atoms with Crippen LogP contribution in [0.2, 0.25) is 0 Å². The van der Waals surface area contributed by atoms with Gasteiger partial charge in [-0.25, -0.2) is 4.98 Å². The zero-order valence-electron chi connectivity index (χ0n) is 15.6. The molecule has 0 fully saturated rings. The molecule has 2 aromatic heterocycles. The third-order valence-electron chi connectivity index (χ3n) is 5.04. The molecule has 0 saturated heterocycles. The van der Waals surface area contributed by atoms with Gasteiger partial charge in [-0.1, -0.05) is 30.3 Å². The van der Waals surface area contributed by atoms with Crippen molar-refractivity contribution < 1.29 is 4.79 Å². The van der Waals surface area contributed by atoms with E-state index in [-0.39, 0.29) is 11.9 Å². The lowest BCUT2D eigenvalue weighted by Gasteiger charge is -2.23. The fourth-order valence-electron chi connectivity index (χ4n) is 3.24. The van der Waals surface area contributed by atoms with E-state index in [0.29, 0.717) is 5.75 Å². The van der Waals surface area contributed by atoms with Gasteiger partial charge in [0.15, 0.2) is 5.16 Å². The van der Waals surface area contributed by atoms with Crippen LogP contribution >= 0.6 is 23.1 Å². The van der Waals surface area contributed by atoms with E-state index in [4.69, 9.17) is 0 Å². The van der Waals surface area contributed by atoms with Gasteiger partial charge < -0.3 is 9.47 Å². The molecular weight excluding hydrogens is 378 g/mol. The molecule has 0 bridgehead atoms. The van der Waals surface area contributed by atoms with Gasteiger partial charge >= 0.3 is 0 Å².